The summed E-state index contributed by atoms with van der Waals surface area (Å²) >= 11 is 3.41. The monoisotopic (exact) mass is 439 g/mol. The molecule has 0 atom stereocenters. The summed E-state index contributed by atoms with van der Waals surface area (Å²) in [5.74, 6) is -0.396. The van der Waals surface area contributed by atoms with Crippen molar-refractivity contribution in [2.75, 3.05) is 5.32 Å². The number of nitrogens with zero attached hydrogens (tertiary/aromatic N) is 4. The number of nitrogens with one attached hydrogen (secondary N) is 1. The average molecular weight is 440 g/mol. The van der Waals surface area contributed by atoms with Crippen molar-refractivity contribution in [2.45, 2.75) is 13.0 Å². The highest BCUT2D eigenvalue weighted by Gasteiger charge is 2.19. The van der Waals surface area contributed by atoms with Crippen LogP contribution in [0.25, 0.3) is 11.3 Å². The molecule has 0 aliphatic heterocycles. The Morgan fingerprint density at radius 2 is 2.04 bits per heavy atom. The Balaban J connectivity index is 1.92. The summed E-state index contributed by atoms with van der Waals surface area (Å²) in [6, 6.07) is 15.0. The predicted molar refractivity (Wildman–Crippen MR) is 107 cm³/mol. The fourth-order valence-corrected chi connectivity index (χ4v) is 2.98. The van der Waals surface area contributed by atoms with E-state index in [2.05, 4.69) is 32.4 Å². The molecule has 1 heterocycles. The summed E-state index contributed by atoms with van der Waals surface area (Å²) in [5, 5.41) is 26.7. The fraction of sp³-hybridized carbons (Fsp3) is 0.105. The molecule has 28 heavy (non-hydrogen) atoms. The lowest BCUT2D eigenvalue weighted by atomic mass is 10.1. The molecule has 0 bridgehead atoms. The van der Waals surface area contributed by atoms with Crippen LogP contribution in [0.4, 0.5) is 11.4 Å². The number of nitriles is 1. The van der Waals surface area contributed by atoms with Crippen molar-refractivity contribution in [1.82, 2.24) is 9.78 Å². The predicted octanol–water partition coefficient (Wildman–Crippen LogP) is 4.39. The van der Waals surface area contributed by atoms with Crippen LogP contribution in [0.5, 0.6) is 0 Å². The summed E-state index contributed by atoms with van der Waals surface area (Å²) in [6.45, 7) is 0.363. The van der Waals surface area contributed by atoms with E-state index in [1.54, 1.807) is 10.9 Å². The van der Waals surface area contributed by atoms with E-state index in [1.807, 2.05) is 24.3 Å². The molecule has 0 aliphatic rings. The molecule has 3 rings (SSSR count). The van der Waals surface area contributed by atoms with Gasteiger partial charge in [0.1, 0.15) is 5.69 Å². The third-order valence-electron chi connectivity index (χ3n) is 3.89. The summed E-state index contributed by atoms with van der Waals surface area (Å²) < 4.78 is 2.41. The standard InChI is InChI=1S/C19H14BrN5O3/c20-14-4-1-3-13(11-14)18-17(12-24(23-18)10-2-9-21)19(26)22-15-5-7-16(8-6-15)25(27)28/h1,3-8,11-12H,2,10H2,(H,22,26). The summed E-state index contributed by atoms with van der Waals surface area (Å²) in [7, 11) is 0. The minimum atomic E-state index is -0.504. The van der Waals surface area contributed by atoms with Gasteiger partial charge in [-0.05, 0) is 24.3 Å². The van der Waals surface area contributed by atoms with E-state index in [4.69, 9.17) is 5.26 Å². The second kappa shape index (κ2) is 8.45. The van der Waals surface area contributed by atoms with Crippen LogP contribution in [0.3, 0.4) is 0 Å². The number of non-ortho nitro benzene ring substituents is 1. The average Bonchev–Trinajstić information content (AvgIpc) is 3.11. The number of carbonyl (C=O) groups excluding carboxylic acids is 1. The number of carbonyl (C=O) groups is 1. The lowest BCUT2D eigenvalue weighted by molar-refractivity contribution is -0.384. The quantitative estimate of drug-likeness (QED) is 0.451. The molecule has 0 spiro atoms. The molecule has 140 valence electrons. The van der Waals surface area contributed by atoms with Crippen LogP contribution in [0, 0.1) is 21.4 Å². The maximum atomic E-state index is 12.8. The summed E-state index contributed by atoms with van der Waals surface area (Å²) in [4.78, 5) is 23.1. The van der Waals surface area contributed by atoms with Crippen molar-refractivity contribution in [3.05, 3.63) is 74.9 Å². The second-order valence-corrected chi connectivity index (χ2v) is 6.75. The van der Waals surface area contributed by atoms with Crippen molar-refractivity contribution in [3.8, 4) is 17.3 Å². The van der Waals surface area contributed by atoms with Gasteiger partial charge in [0.25, 0.3) is 11.6 Å². The number of benzene rings is 2. The van der Waals surface area contributed by atoms with Crippen LogP contribution in [-0.4, -0.2) is 20.6 Å². The van der Waals surface area contributed by atoms with Gasteiger partial charge >= 0.3 is 0 Å². The molecule has 8 nitrogen and oxygen atoms in total. The van der Waals surface area contributed by atoms with Crippen LogP contribution in [-0.2, 0) is 6.54 Å². The summed E-state index contributed by atoms with van der Waals surface area (Å²) in [5.41, 5.74) is 1.95. The van der Waals surface area contributed by atoms with Crippen molar-refractivity contribution < 1.29 is 9.72 Å². The number of anilines is 1. The molecule has 0 saturated heterocycles. The number of halogens is 1. The van der Waals surface area contributed by atoms with E-state index in [9.17, 15) is 14.9 Å². The molecule has 3 aromatic rings. The van der Waals surface area contributed by atoms with Gasteiger partial charge in [0.15, 0.2) is 0 Å². The molecule has 2 aromatic carbocycles. The normalized spacial score (nSPS) is 10.3. The third kappa shape index (κ3) is 4.42. The molecule has 9 heteroatoms. The highest BCUT2D eigenvalue weighted by Crippen LogP contribution is 2.26. The minimum Gasteiger partial charge on any atom is -0.322 e. The van der Waals surface area contributed by atoms with Gasteiger partial charge in [-0.15, -0.1) is 0 Å². The van der Waals surface area contributed by atoms with Crippen LogP contribution in [0.15, 0.2) is 59.2 Å². The summed E-state index contributed by atoms with van der Waals surface area (Å²) in [6.07, 6.45) is 1.86. The van der Waals surface area contributed by atoms with Gasteiger partial charge in [-0.3, -0.25) is 19.6 Å². The Morgan fingerprint density at radius 3 is 2.68 bits per heavy atom. The number of rotatable bonds is 6. The molecule has 0 fully saturated rings. The lowest BCUT2D eigenvalue weighted by Gasteiger charge is -2.05. The zero-order chi connectivity index (χ0) is 20.1. The van der Waals surface area contributed by atoms with E-state index >= 15 is 0 Å². The van der Waals surface area contributed by atoms with Gasteiger partial charge in [0, 0.05) is 34.1 Å². The lowest BCUT2D eigenvalue weighted by Crippen LogP contribution is -2.12. The first-order valence-electron chi connectivity index (χ1n) is 8.24. The Morgan fingerprint density at radius 1 is 1.29 bits per heavy atom. The smallest absolute Gasteiger partial charge is 0.269 e. The Labute approximate surface area is 168 Å². The SMILES string of the molecule is N#CCCn1cc(C(=O)Nc2ccc([N+](=O)[O-])cc2)c(-c2cccc(Br)c2)n1. The Bertz CT molecular complexity index is 1070. The third-order valence-corrected chi connectivity index (χ3v) is 4.39. The first-order chi connectivity index (χ1) is 13.5. The first kappa shape index (κ1) is 19.3. The van der Waals surface area contributed by atoms with Gasteiger partial charge < -0.3 is 5.32 Å². The highest BCUT2D eigenvalue weighted by atomic mass is 79.9. The van der Waals surface area contributed by atoms with Crippen LogP contribution in [0.1, 0.15) is 16.8 Å². The number of hydrogen-bond donors (Lipinski definition) is 1. The molecule has 0 saturated carbocycles. The number of aromatic nitrogens is 2. The Hall–Kier alpha value is -3.51. The number of nitro groups is 1. The molecular formula is C19H14BrN5O3. The largest absolute Gasteiger partial charge is 0.322 e. The number of nitro benzene ring substituents is 1. The fourth-order valence-electron chi connectivity index (χ4n) is 2.58. The van der Waals surface area contributed by atoms with Crippen LogP contribution < -0.4 is 5.32 Å². The number of aryl methyl sites for hydroxylation is 1. The van der Waals surface area contributed by atoms with Gasteiger partial charge in [-0.2, -0.15) is 10.4 Å². The molecule has 1 N–H and O–H groups in total. The number of amides is 1. The molecule has 0 radical (unpaired) electrons. The van der Waals surface area contributed by atoms with E-state index in [0.29, 0.717) is 23.5 Å². The molecule has 0 unspecified atom stereocenters. The zero-order valence-corrected chi connectivity index (χ0v) is 16.1. The molecule has 0 aliphatic carbocycles. The maximum absolute atomic E-state index is 12.8. The van der Waals surface area contributed by atoms with Crippen molar-refractivity contribution in [1.29, 1.82) is 5.26 Å². The molecule has 1 amide bonds. The molecule has 1 aromatic heterocycles. The van der Waals surface area contributed by atoms with E-state index in [1.165, 1.54) is 24.3 Å². The topological polar surface area (TPSA) is 114 Å². The van der Waals surface area contributed by atoms with E-state index < -0.39 is 10.8 Å². The first-order valence-corrected chi connectivity index (χ1v) is 9.03. The minimum absolute atomic E-state index is 0.0582. The van der Waals surface area contributed by atoms with Gasteiger partial charge in [-0.25, -0.2) is 0 Å². The van der Waals surface area contributed by atoms with Crippen LogP contribution in [0.2, 0.25) is 0 Å². The van der Waals surface area contributed by atoms with Crippen LogP contribution >= 0.6 is 15.9 Å². The van der Waals surface area contributed by atoms with E-state index in [-0.39, 0.29) is 12.1 Å². The van der Waals surface area contributed by atoms with Gasteiger partial charge in [-0.1, -0.05) is 28.1 Å². The number of hydrogen-bond acceptors (Lipinski definition) is 5. The maximum Gasteiger partial charge on any atom is 0.269 e. The van der Waals surface area contributed by atoms with Crippen molar-refractivity contribution in [2.24, 2.45) is 0 Å². The second-order valence-electron chi connectivity index (χ2n) is 5.83. The molecular weight excluding hydrogens is 426 g/mol. The van der Waals surface area contributed by atoms with Crippen molar-refractivity contribution >= 4 is 33.2 Å². The highest BCUT2D eigenvalue weighted by molar-refractivity contribution is 9.10. The van der Waals surface area contributed by atoms with Gasteiger partial charge in [0.2, 0.25) is 0 Å². The Kier molecular flexibility index (Phi) is 5.81. The zero-order valence-electron chi connectivity index (χ0n) is 14.5. The van der Waals surface area contributed by atoms with Gasteiger partial charge in [0.05, 0.1) is 29.5 Å². The van der Waals surface area contributed by atoms with Crippen molar-refractivity contribution in [3.63, 3.8) is 0 Å². The van der Waals surface area contributed by atoms with E-state index in [0.717, 1.165) is 10.0 Å².